The molecule has 106 valence electrons. The highest BCUT2D eigenvalue weighted by molar-refractivity contribution is 5.75. The number of unbranched alkanes of at least 4 members (excludes halogenated alkanes) is 2. The summed E-state index contributed by atoms with van der Waals surface area (Å²) in [7, 11) is 1.39. The molecule has 6 heteroatoms. The van der Waals surface area contributed by atoms with Crippen molar-refractivity contribution < 1.29 is 14.3 Å². The van der Waals surface area contributed by atoms with Gasteiger partial charge in [-0.2, -0.15) is 0 Å². The van der Waals surface area contributed by atoms with E-state index >= 15 is 0 Å². The molecule has 0 atom stereocenters. The highest BCUT2D eigenvalue weighted by atomic mass is 16.5. The Hall–Kier alpha value is -1.85. The van der Waals surface area contributed by atoms with Crippen LogP contribution in [0, 0.1) is 0 Å². The summed E-state index contributed by atoms with van der Waals surface area (Å²) in [5, 5.41) is 2.86. The first-order valence-corrected chi connectivity index (χ1v) is 6.51. The second-order valence-electron chi connectivity index (χ2n) is 4.29. The molecule has 0 saturated heterocycles. The highest BCUT2D eigenvalue weighted by Crippen LogP contribution is 2.00. The number of rotatable bonds is 9. The van der Waals surface area contributed by atoms with Crippen LogP contribution in [0.15, 0.2) is 18.7 Å². The number of methoxy groups -OCH3 is 1. The Balaban J connectivity index is 1.94. The molecule has 1 rings (SSSR count). The van der Waals surface area contributed by atoms with Gasteiger partial charge in [0.1, 0.15) is 0 Å². The summed E-state index contributed by atoms with van der Waals surface area (Å²) in [4.78, 5) is 26.3. The molecule has 6 nitrogen and oxygen atoms in total. The predicted octanol–water partition coefficient (Wildman–Crippen LogP) is 1.12. The summed E-state index contributed by atoms with van der Waals surface area (Å²) in [6.07, 6.45) is 8.73. The van der Waals surface area contributed by atoms with Gasteiger partial charge in [0.15, 0.2) is 0 Å². The normalized spacial score (nSPS) is 10.2. The largest absolute Gasteiger partial charge is 0.469 e. The van der Waals surface area contributed by atoms with Crippen molar-refractivity contribution in [2.45, 2.75) is 38.6 Å². The van der Waals surface area contributed by atoms with Crippen LogP contribution in [0.4, 0.5) is 0 Å². The monoisotopic (exact) mass is 267 g/mol. The number of esters is 1. The van der Waals surface area contributed by atoms with Crippen molar-refractivity contribution in [3.8, 4) is 0 Å². The molecule has 19 heavy (non-hydrogen) atoms. The van der Waals surface area contributed by atoms with Crippen molar-refractivity contribution in [1.82, 2.24) is 14.9 Å². The summed E-state index contributed by atoms with van der Waals surface area (Å²) in [6, 6.07) is 0. The summed E-state index contributed by atoms with van der Waals surface area (Å²) in [6.45, 7) is 1.30. The Bertz CT molecular complexity index is 376. The lowest BCUT2D eigenvalue weighted by molar-refractivity contribution is -0.140. The van der Waals surface area contributed by atoms with Crippen LogP contribution in [0.1, 0.15) is 32.1 Å². The summed E-state index contributed by atoms with van der Waals surface area (Å²) >= 11 is 0. The fourth-order valence-electron chi connectivity index (χ4n) is 1.64. The fourth-order valence-corrected chi connectivity index (χ4v) is 1.64. The van der Waals surface area contributed by atoms with E-state index in [9.17, 15) is 9.59 Å². The minimum Gasteiger partial charge on any atom is -0.469 e. The van der Waals surface area contributed by atoms with Crippen molar-refractivity contribution in [2.75, 3.05) is 13.7 Å². The van der Waals surface area contributed by atoms with Gasteiger partial charge in [0, 0.05) is 38.3 Å². The zero-order chi connectivity index (χ0) is 13.9. The van der Waals surface area contributed by atoms with Crippen molar-refractivity contribution in [3.63, 3.8) is 0 Å². The number of amides is 1. The minimum atomic E-state index is -0.177. The van der Waals surface area contributed by atoms with Gasteiger partial charge in [0.2, 0.25) is 5.91 Å². The van der Waals surface area contributed by atoms with Crippen molar-refractivity contribution >= 4 is 11.9 Å². The van der Waals surface area contributed by atoms with Crippen LogP contribution in [-0.2, 0) is 20.9 Å². The van der Waals surface area contributed by atoms with E-state index in [0.29, 0.717) is 25.9 Å². The molecule has 0 saturated carbocycles. The van der Waals surface area contributed by atoms with Crippen molar-refractivity contribution in [3.05, 3.63) is 18.7 Å². The molecule has 1 heterocycles. The van der Waals surface area contributed by atoms with E-state index in [1.807, 2.05) is 10.8 Å². The second kappa shape index (κ2) is 9.13. The molecule has 0 spiro atoms. The maximum absolute atomic E-state index is 11.5. The minimum absolute atomic E-state index is 0.0432. The zero-order valence-corrected chi connectivity index (χ0v) is 11.3. The summed E-state index contributed by atoms with van der Waals surface area (Å²) < 4.78 is 6.42. The lowest BCUT2D eigenvalue weighted by Gasteiger charge is -2.05. The Morgan fingerprint density at radius 3 is 2.79 bits per heavy atom. The third-order valence-electron chi connectivity index (χ3n) is 2.76. The van der Waals surface area contributed by atoms with Crippen LogP contribution < -0.4 is 5.32 Å². The van der Waals surface area contributed by atoms with E-state index in [0.717, 1.165) is 19.3 Å². The summed E-state index contributed by atoms with van der Waals surface area (Å²) in [5.74, 6) is -0.133. The van der Waals surface area contributed by atoms with Crippen LogP contribution >= 0.6 is 0 Å². The van der Waals surface area contributed by atoms with Crippen LogP contribution in [-0.4, -0.2) is 35.1 Å². The maximum Gasteiger partial charge on any atom is 0.305 e. The number of nitrogens with zero attached hydrogens (tertiary/aromatic N) is 2. The lowest BCUT2D eigenvalue weighted by Crippen LogP contribution is -2.25. The molecule has 0 aliphatic rings. The third-order valence-corrected chi connectivity index (χ3v) is 2.76. The molecular formula is C13H21N3O3. The van der Waals surface area contributed by atoms with E-state index < -0.39 is 0 Å². The molecule has 0 fully saturated rings. The van der Waals surface area contributed by atoms with Crippen molar-refractivity contribution in [1.29, 1.82) is 0 Å². The topological polar surface area (TPSA) is 73.2 Å². The van der Waals surface area contributed by atoms with Gasteiger partial charge in [-0.15, -0.1) is 0 Å². The van der Waals surface area contributed by atoms with Crippen molar-refractivity contribution in [2.24, 2.45) is 0 Å². The Morgan fingerprint density at radius 2 is 2.11 bits per heavy atom. The van der Waals surface area contributed by atoms with E-state index in [-0.39, 0.29) is 11.9 Å². The first-order chi connectivity index (χ1) is 9.22. The lowest BCUT2D eigenvalue weighted by atomic mass is 10.2. The number of carbonyl (C=O) groups excluding carboxylic acids is 2. The number of hydrogen-bond acceptors (Lipinski definition) is 4. The predicted molar refractivity (Wildman–Crippen MR) is 70.3 cm³/mol. The number of nitrogens with one attached hydrogen (secondary N) is 1. The molecule has 1 aromatic heterocycles. The zero-order valence-electron chi connectivity index (χ0n) is 11.3. The standard InChI is InChI=1S/C13H21N3O3/c1-19-13(18)5-3-2-4-7-15-12(17)6-9-16-10-8-14-11-16/h8,10-11H,2-7,9H2,1H3,(H,15,17). The highest BCUT2D eigenvalue weighted by Gasteiger charge is 2.02. The Morgan fingerprint density at radius 1 is 1.26 bits per heavy atom. The molecule has 0 bridgehead atoms. The van der Waals surface area contributed by atoms with E-state index in [2.05, 4.69) is 15.0 Å². The maximum atomic E-state index is 11.5. The average molecular weight is 267 g/mol. The van der Waals surface area contributed by atoms with Gasteiger partial charge < -0.3 is 14.6 Å². The number of ether oxygens (including phenoxy) is 1. The molecule has 1 amide bonds. The van der Waals surface area contributed by atoms with Crippen LogP contribution in [0.5, 0.6) is 0 Å². The molecule has 0 unspecified atom stereocenters. The first-order valence-electron chi connectivity index (χ1n) is 6.51. The third kappa shape index (κ3) is 7.23. The molecule has 0 aromatic carbocycles. The fraction of sp³-hybridized carbons (Fsp3) is 0.615. The molecule has 1 N–H and O–H groups in total. The van der Waals surface area contributed by atoms with Gasteiger partial charge in [-0.1, -0.05) is 6.42 Å². The van der Waals surface area contributed by atoms with E-state index in [1.165, 1.54) is 7.11 Å². The van der Waals surface area contributed by atoms with E-state index in [1.54, 1.807) is 12.5 Å². The van der Waals surface area contributed by atoms with Gasteiger partial charge in [0.25, 0.3) is 0 Å². The van der Waals surface area contributed by atoms with Gasteiger partial charge in [-0.3, -0.25) is 9.59 Å². The van der Waals surface area contributed by atoms with Gasteiger partial charge in [0.05, 0.1) is 13.4 Å². The first kappa shape index (κ1) is 15.2. The van der Waals surface area contributed by atoms with Crippen LogP contribution in [0.2, 0.25) is 0 Å². The molecule has 1 aromatic rings. The SMILES string of the molecule is COC(=O)CCCCCNC(=O)CCn1ccnc1. The number of aryl methyl sites for hydroxylation is 1. The van der Waals surface area contributed by atoms with Gasteiger partial charge in [-0.05, 0) is 12.8 Å². The quantitative estimate of drug-likeness (QED) is 0.537. The molecule has 0 aliphatic heterocycles. The Kier molecular flexibility index (Phi) is 7.31. The van der Waals surface area contributed by atoms with Crippen LogP contribution in [0.25, 0.3) is 0 Å². The van der Waals surface area contributed by atoms with Gasteiger partial charge in [-0.25, -0.2) is 4.98 Å². The molecular weight excluding hydrogens is 246 g/mol. The average Bonchev–Trinajstić information content (AvgIpc) is 2.93. The molecule has 0 aliphatic carbocycles. The summed E-state index contributed by atoms with van der Waals surface area (Å²) in [5.41, 5.74) is 0. The number of aromatic nitrogens is 2. The number of hydrogen-bond donors (Lipinski definition) is 1. The smallest absolute Gasteiger partial charge is 0.305 e. The molecule has 0 radical (unpaired) electrons. The van der Waals surface area contributed by atoms with E-state index in [4.69, 9.17) is 0 Å². The number of imidazole rings is 1. The van der Waals surface area contributed by atoms with Gasteiger partial charge >= 0.3 is 5.97 Å². The second-order valence-corrected chi connectivity index (χ2v) is 4.29. The number of carbonyl (C=O) groups is 2. The Labute approximate surface area is 113 Å². The van der Waals surface area contributed by atoms with Crippen LogP contribution in [0.3, 0.4) is 0 Å².